The first kappa shape index (κ1) is 31.5. The van der Waals surface area contributed by atoms with E-state index in [9.17, 15) is 13.2 Å². The highest BCUT2D eigenvalue weighted by atomic mass is 19.4. The van der Waals surface area contributed by atoms with Crippen molar-refractivity contribution in [3.63, 3.8) is 0 Å². The van der Waals surface area contributed by atoms with Crippen molar-refractivity contribution in [2.24, 2.45) is 5.73 Å². The van der Waals surface area contributed by atoms with Crippen LogP contribution in [0.5, 0.6) is 11.5 Å². The number of hydrogen-bond donors (Lipinski definition) is 1. The summed E-state index contributed by atoms with van der Waals surface area (Å²) >= 11 is 0. The molecule has 4 aromatic rings. The van der Waals surface area contributed by atoms with Crippen LogP contribution < -0.4 is 15.2 Å². The highest BCUT2D eigenvalue weighted by molar-refractivity contribution is 5.97. The van der Waals surface area contributed by atoms with E-state index in [-0.39, 0.29) is 12.3 Å². The molecule has 2 aliphatic rings. The standard InChI is InChI=1S/C36H43F3N4O2/c1-25-16-27(18-31(17-25)44-2)23-42-14-12-41(13-15-42)22-26-8-11-35-33(19-26)34(24-43(35)29-6-4-3-5-7-29)32-10-9-30(20-28(32)21-40)45-36(37,38)39/h8-11,16-20,24,29H,3-7,12-15,21-23,40H2,1-2H3. The maximum atomic E-state index is 12.9. The second kappa shape index (κ2) is 13.4. The molecular weight excluding hydrogens is 577 g/mol. The van der Waals surface area contributed by atoms with Gasteiger partial charge in [-0.2, -0.15) is 0 Å². The van der Waals surface area contributed by atoms with Crippen LogP contribution in [0.15, 0.2) is 60.8 Å². The van der Waals surface area contributed by atoms with Crippen molar-refractivity contribution in [2.45, 2.75) is 71.1 Å². The van der Waals surface area contributed by atoms with Crippen molar-refractivity contribution in [2.75, 3.05) is 33.3 Å². The summed E-state index contributed by atoms with van der Waals surface area (Å²) in [7, 11) is 1.71. The van der Waals surface area contributed by atoms with Crippen LogP contribution in [0.25, 0.3) is 22.0 Å². The molecule has 1 aliphatic carbocycles. The normalized spacial score (nSPS) is 17.2. The van der Waals surface area contributed by atoms with Gasteiger partial charge >= 0.3 is 6.36 Å². The molecule has 0 unspecified atom stereocenters. The lowest BCUT2D eigenvalue weighted by Gasteiger charge is -2.35. The number of methoxy groups -OCH3 is 1. The van der Waals surface area contributed by atoms with E-state index in [1.54, 1.807) is 13.2 Å². The van der Waals surface area contributed by atoms with Crippen molar-refractivity contribution in [3.8, 4) is 22.6 Å². The summed E-state index contributed by atoms with van der Waals surface area (Å²) in [6, 6.07) is 18.1. The summed E-state index contributed by atoms with van der Waals surface area (Å²) in [5.74, 6) is 0.656. The van der Waals surface area contributed by atoms with Crippen LogP contribution in [0.3, 0.4) is 0 Å². The number of nitrogens with two attached hydrogens (primary N) is 1. The summed E-state index contributed by atoms with van der Waals surface area (Å²) in [5.41, 5.74) is 13.5. The molecule has 0 atom stereocenters. The quantitative estimate of drug-likeness (QED) is 0.207. The molecule has 3 aromatic carbocycles. The van der Waals surface area contributed by atoms with Gasteiger partial charge in [0.25, 0.3) is 0 Å². The lowest BCUT2D eigenvalue weighted by molar-refractivity contribution is -0.274. The third kappa shape index (κ3) is 7.48. The molecule has 0 spiro atoms. The van der Waals surface area contributed by atoms with Gasteiger partial charge in [0.15, 0.2) is 0 Å². The number of alkyl halides is 3. The van der Waals surface area contributed by atoms with E-state index >= 15 is 0 Å². The van der Waals surface area contributed by atoms with Crippen LogP contribution >= 0.6 is 0 Å². The average Bonchev–Trinajstić information content (AvgIpc) is 3.40. The first-order chi connectivity index (χ1) is 21.7. The predicted octanol–water partition coefficient (Wildman–Crippen LogP) is 7.81. The Balaban J connectivity index is 1.24. The SMILES string of the molecule is COc1cc(C)cc(CN2CCN(Cc3ccc4c(c3)c(-c3ccc(OC(F)(F)F)cc3CN)cn4C3CCCCC3)CC2)c1. The summed E-state index contributed by atoms with van der Waals surface area (Å²) in [6.07, 6.45) is 3.38. The van der Waals surface area contributed by atoms with E-state index in [0.717, 1.165) is 79.9 Å². The van der Waals surface area contributed by atoms with Gasteiger partial charge < -0.3 is 19.8 Å². The van der Waals surface area contributed by atoms with E-state index in [2.05, 4.69) is 68.6 Å². The molecule has 1 saturated carbocycles. The summed E-state index contributed by atoms with van der Waals surface area (Å²) in [6.45, 7) is 7.92. The second-order valence-electron chi connectivity index (χ2n) is 12.6. The van der Waals surface area contributed by atoms with Gasteiger partial charge in [0.05, 0.1) is 7.11 Å². The number of hydrogen-bond acceptors (Lipinski definition) is 5. The van der Waals surface area contributed by atoms with E-state index in [1.165, 1.54) is 48.1 Å². The molecule has 2 N–H and O–H groups in total. The lowest BCUT2D eigenvalue weighted by Crippen LogP contribution is -2.45. The Hall–Kier alpha value is -3.53. The fourth-order valence-electron chi connectivity index (χ4n) is 7.13. The Kier molecular flexibility index (Phi) is 9.40. The molecule has 6 nitrogen and oxygen atoms in total. The number of fused-ring (bicyclic) bond motifs is 1. The molecule has 2 fully saturated rings. The summed E-state index contributed by atoms with van der Waals surface area (Å²) in [5, 5.41) is 1.12. The van der Waals surface area contributed by atoms with Crippen molar-refractivity contribution in [1.82, 2.24) is 14.4 Å². The minimum Gasteiger partial charge on any atom is -0.497 e. The average molecular weight is 621 g/mol. The predicted molar refractivity (Wildman–Crippen MR) is 172 cm³/mol. The van der Waals surface area contributed by atoms with E-state index < -0.39 is 6.36 Å². The molecule has 240 valence electrons. The molecule has 1 aromatic heterocycles. The summed E-state index contributed by atoms with van der Waals surface area (Å²) in [4.78, 5) is 5.00. The summed E-state index contributed by atoms with van der Waals surface area (Å²) < 4.78 is 50.9. The van der Waals surface area contributed by atoms with Crippen LogP contribution in [0.4, 0.5) is 13.2 Å². The van der Waals surface area contributed by atoms with Gasteiger partial charge in [-0.05, 0) is 84.0 Å². The number of aryl methyl sites for hydroxylation is 1. The van der Waals surface area contributed by atoms with Crippen LogP contribution in [-0.4, -0.2) is 54.0 Å². The molecule has 2 heterocycles. The molecule has 1 saturated heterocycles. The van der Waals surface area contributed by atoms with Gasteiger partial charge in [0.1, 0.15) is 11.5 Å². The van der Waals surface area contributed by atoms with Crippen molar-refractivity contribution in [1.29, 1.82) is 0 Å². The van der Waals surface area contributed by atoms with Gasteiger partial charge in [-0.3, -0.25) is 9.80 Å². The molecule has 0 radical (unpaired) electrons. The van der Waals surface area contributed by atoms with Gasteiger partial charge in [-0.25, -0.2) is 0 Å². The van der Waals surface area contributed by atoms with E-state index in [4.69, 9.17) is 10.5 Å². The van der Waals surface area contributed by atoms with Gasteiger partial charge in [-0.1, -0.05) is 37.5 Å². The highest BCUT2D eigenvalue weighted by Crippen LogP contribution is 2.40. The van der Waals surface area contributed by atoms with Gasteiger partial charge in [-0.15, -0.1) is 13.2 Å². The zero-order chi connectivity index (χ0) is 31.6. The highest BCUT2D eigenvalue weighted by Gasteiger charge is 2.31. The van der Waals surface area contributed by atoms with Crippen molar-refractivity contribution in [3.05, 3.63) is 83.0 Å². The van der Waals surface area contributed by atoms with Gasteiger partial charge in [0.2, 0.25) is 0 Å². The lowest BCUT2D eigenvalue weighted by atomic mass is 9.95. The number of nitrogens with zero attached hydrogens (tertiary/aromatic N) is 3. The van der Waals surface area contributed by atoms with E-state index in [1.807, 2.05) is 0 Å². The topological polar surface area (TPSA) is 55.9 Å². The third-order valence-electron chi connectivity index (χ3n) is 9.31. The van der Waals surface area contributed by atoms with Crippen molar-refractivity contribution < 1.29 is 22.6 Å². The molecule has 45 heavy (non-hydrogen) atoms. The molecule has 0 bridgehead atoms. The monoisotopic (exact) mass is 620 g/mol. The van der Waals surface area contributed by atoms with Crippen LogP contribution in [0.2, 0.25) is 0 Å². The minimum atomic E-state index is -4.75. The molecule has 0 amide bonds. The molecular formula is C36H43F3N4O2. The number of piperazine rings is 1. The Morgan fingerprint density at radius 1 is 0.800 bits per heavy atom. The number of halogens is 3. The first-order valence-electron chi connectivity index (χ1n) is 16.0. The van der Waals surface area contributed by atoms with Crippen LogP contribution in [0.1, 0.15) is 60.4 Å². The molecule has 9 heteroatoms. The number of ether oxygens (including phenoxy) is 2. The fourth-order valence-corrected chi connectivity index (χ4v) is 7.13. The smallest absolute Gasteiger partial charge is 0.497 e. The molecule has 6 rings (SSSR count). The Morgan fingerprint density at radius 3 is 2.18 bits per heavy atom. The minimum absolute atomic E-state index is 0.111. The zero-order valence-corrected chi connectivity index (χ0v) is 26.2. The largest absolute Gasteiger partial charge is 0.573 e. The maximum absolute atomic E-state index is 12.9. The molecule has 1 aliphatic heterocycles. The third-order valence-corrected chi connectivity index (χ3v) is 9.31. The van der Waals surface area contributed by atoms with Gasteiger partial charge in [0, 0.05) is 74.5 Å². The number of aromatic nitrogens is 1. The Labute approximate surface area is 263 Å². The maximum Gasteiger partial charge on any atom is 0.573 e. The zero-order valence-electron chi connectivity index (χ0n) is 26.2. The Morgan fingerprint density at radius 2 is 1.51 bits per heavy atom. The van der Waals surface area contributed by atoms with Crippen LogP contribution in [0, 0.1) is 6.92 Å². The van der Waals surface area contributed by atoms with Crippen LogP contribution in [-0.2, 0) is 19.6 Å². The Bertz CT molecular complexity index is 1620. The first-order valence-corrected chi connectivity index (χ1v) is 16.0. The van der Waals surface area contributed by atoms with Crippen molar-refractivity contribution >= 4 is 10.9 Å². The number of benzene rings is 3. The fraction of sp³-hybridized carbons (Fsp3) is 0.444. The van der Waals surface area contributed by atoms with E-state index in [0.29, 0.717) is 11.6 Å². The number of rotatable bonds is 9. The second-order valence-corrected chi connectivity index (χ2v) is 12.6.